The van der Waals surface area contributed by atoms with Crippen molar-refractivity contribution in [2.24, 2.45) is 11.5 Å². The van der Waals surface area contributed by atoms with Crippen molar-refractivity contribution in [3.63, 3.8) is 0 Å². The van der Waals surface area contributed by atoms with Gasteiger partial charge >= 0.3 is 129 Å². The van der Waals surface area contributed by atoms with Gasteiger partial charge in [-0.2, -0.15) is 0 Å². The number of carbonyl (C=O) groups is 2. The maximum atomic E-state index is 9.22. The predicted molar refractivity (Wildman–Crippen MR) is 105 cm³/mol. The van der Waals surface area contributed by atoms with Crippen molar-refractivity contribution in [1.29, 1.82) is 0 Å². The van der Waals surface area contributed by atoms with Gasteiger partial charge in [-0.3, -0.25) is 9.59 Å². The van der Waals surface area contributed by atoms with E-state index in [9.17, 15) is 9.59 Å². The van der Waals surface area contributed by atoms with E-state index in [1.165, 1.54) is 66.0 Å². The van der Waals surface area contributed by atoms with Crippen LogP contribution in [-0.4, -0.2) is 11.8 Å². The predicted octanol–water partition coefficient (Wildman–Crippen LogP) is 3.63. The summed E-state index contributed by atoms with van der Waals surface area (Å²) >= 11 is 1.18. The summed E-state index contributed by atoms with van der Waals surface area (Å²) in [5.41, 5.74) is 17.9. The van der Waals surface area contributed by atoms with Crippen molar-refractivity contribution < 1.29 is 34.0 Å². The Labute approximate surface area is 174 Å². The third kappa shape index (κ3) is 5.36. The third-order valence-electron chi connectivity index (χ3n) is 4.07. The molecule has 1 atom stereocenters. The van der Waals surface area contributed by atoms with Gasteiger partial charge in [0.05, 0.1) is 0 Å². The van der Waals surface area contributed by atoms with Gasteiger partial charge in [0, 0.05) is 13.8 Å². The van der Waals surface area contributed by atoms with Crippen LogP contribution in [0.4, 0.5) is 0 Å². The summed E-state index contributed by atoms with van der Waals surface area (Å²) in [6.07, 6.45) is 7.78. The third-order valence-corrected chi connectivity index (χ3v) is 6.23. The zero-order valence-corrected chi connectivity index (χ0v) is 19.1. The zero-order chi connectivity index (χ0) is 20.0. The van der Waals surface area contributed by atoms with Gasteiger partial charge in [-0.25, -0.2) is 0 Å². The van der Waals surface area contributed by atoms with Gasteiger partial charge in [0.25, 0.3) is 0 Å². The summed E-state index contributed by atoms with van der Waals surface area (Å²) in [6.45, 7) is 2.61. The molecule has 0 saturated carbocycles. The fourth-order valence-corrected chi connectivity index (χ4v) is 5.21. The molecule has 0 bridgehead atoms. The summed E-state index contributed by atoms with van der Waals surface area (Å²) in [5.74, 6) is -0.667. The maximum absolute atomic E-state index is 9.22. The Bertz CT molecular complexity index is 896. The normalized spacial score (nSPS) is 15.3. The number of benzene rings is 2. The first-order valence-electron chi connectivity index (χ1n) is 8.64. The van der Waals surface area contributed by atoms with Crippen LogP contribution in [0.15, 0.2) is 60.7 Å². The fourth-order valence-electron chi connectivity index (χ4n) is 3.19. The van der Waals surface area contributed by atoms with E-state index in [4.69, 9.17) is 0 Å². The molecule has 4 nitrogen and oxygen atoms in total. The van der Waals surface area contributed by atoms with Crippen LogP contribution in [-0.2, 0) is 34.0 Å². The Morgan fingerprint density at radius 2 is 1.48 bits per heavy atom. The number of fused-ring (bicyclic) bond motifs is 3. The number of primary amides is 2. The first kappa shape index (κ1) is 21.0. The number of amides is 2. The first-order chi connectivity index (χ1) is 12.8. The van der Waals surface area contributed by atoms with Gasteiger partial charge in [0.1, 0.15) is 0 Å². The molecular formula is C22H23HfN2O2. The quantitative estimate of drug-likeness (QED) is 0.557. The zero-order valence-electron chi connectivity index (χ0n) is 15.5. The summed E-state index contributed by atoms with van der Waals surface area (Å²) < 4.78 is 0.642. The second kappa shape index (κ2) is 9.60. The summed E-state index contributed by atoms with van der Waals surface area (Å²) in [7, 11) is 0. The molecule has 4 rings (SSSR count). The van der Waals surface area contributed by atoms with Gasteiger partial charge in [-0.05, 0) is 0 Å². The molecule has 0 saturated heterocycles. The molecule has 4 N–H and O–H groups in total. The average molecular weight is 526 g/mol. The molecule has 1 unspecified atom stereocenters. The summed E-state index contributed by atoms with van der Waals surface area (Å²) in [5, 5.41) is 0. The van der Waals surface area contributed by atoms with E-state index in [2.05, 4.69) is 72.2 Å². The molecule has 27 heavy (non-hydrogen) atoms. The molecule has 137 valence electrons. The van der Waals surface area contributed by atoms with E-state index >= 15 is 0 Å². The second-order valence-electron chi connectivity index (χ2n) is 6.33. The first-order valence-corrected chi connectivity index (χ1v) is 10.7. The van der Waals surface area contributed by atoms with E-state index in [0.717, 1.165) is 6.42 Å². The molecule has 2 amide bonds. The molecule has 2 aliphatic carbocycles. The molecule has 0 heterocycles. The van der Waals surface area contributed by atoms with Crippen molar-refractivity contribution in [3.8, 4) is 11.1 Å². The molecule has 0 fully saturated rings. The van der Waals surface area contributed by atoms with Crippen molar-refractivity contribution >= 4 is 17.4 Å². The van der Waals surface area contributed by atoms with Crippen molar-refractivity contribution in [2.45, 2.75) is 23.9 Å². The summed E-state index contributed by atoms with van der Waals surface area (Å²) in [6, 6.07) is 15.7. The second-order valence-corrected chi connectivity index (χ2v) is 8.41. The number of carbonyl (C=O) groups excluding carboxylic acids is 2. The Hall–Kier alpha value is -2.27. The molecule has 0 radical (unpaired) electrons. The fraction of sp³-hybridized carbons (Fsp3) is 0.182. The molecule has 0 spiro atoms. The van der Waals surface area contributed by atoms with Gasteiger partial charge in [-0.15, -0.1) is 0 Å². The SMILES string of the molecule is CC(N)=O.CC(N)=O.[Hf][CH]1c2ccccc2-c2cccc(C3=CC=CC3)c21. The number of hydrogen-bond donors (Lipinski definition) is 2. The van der Waals surface area contributed by atoms with E-state index in [-0.39, 0.29) is 11.8 Å². The van der Waals surface area contributed by atoms with Gasteiger partial charge in [0.2, 0.25) is 11.8 Å². The number of allylic oxidation sites excluding steroid dienone is 4. The van der Waals surface area contributed by atoms with Crippen LogP contribution in [0, 0.1) is 0 Å². The van der Waals surface area contributed by atoms with E-state index in [1.54, 1.807) is 5.56 Å². The van der Waals surface area contributed by atoms with Crippen LogP contribution in [0.5, 0.6) is 0 Å². The molecular weight excluding hydrogens is 503 g/mol. The molecule has 5 heteroatoms. The molecule has 2 aromatic carbocycles. The Morgan fingerprint density at radius 1 is 0.926 bits per heavy atom. The topological polar surface area (TPSA) is 86.2 Å². The van der Waals surface area contributed by atoms with Gasteiger partial charge in [0.15, 0.2) is 0 Å². The van der Waals surface area contributed by atoms with Crippen LogP contribution in [0.25, 0.3) is 16.7 Å². The standard InChI is InChI=1S/C18H13.2C2H5NO.Hf/c1-2-7-13(6-1)15-10-5-11-17-16-9-4-3-8-14(16)12-18(15)17;2*1-2(3)4;/h1-6,8-12H,7H2;2*1H3,(H2,3,4);. The van der Waals surface area contributed by atoms with Gasteiger partial charge < -0.3 is 11.5 Å². The average Bonchev–Trinajstić information content (AvgIpc) is 3.22. The Kier molecular flexibility index (Phi) is 7.48. The Morgan fingerprint density at radius 3 is 2.07 bits per heavy atom. The van der Waals surface area contributed by atoms with Crippen LogP contribution in [0.1, 0.15) is 40.6 Å². The van der Waals surface area contributed by atoms with E-state index < -0.39 is 0 Å². The molecule has 0 aliphatic heterocycles. The van der Waals surface area contributed by atoms with Crippen LogP contribution >= 0.6 is 0 Å². The molecule has 2 aliphatic rings. The molecule has 0 aromatic heterocycles. The van der Waals surface area contributed by atoms with Crippen LogP contribution < -0.4 is 11.5 Å². The van der Waals surface area contributed by atoms with E-state index in [0.29, 0.717) is 3.67 Å². The van der Waals surface area contributed by atoms with Crippen LogP contribution in [0.2, 0.25) is 0 Å². The van der Waals surface area contributed by atoms with E-state index in [1.807, 2.05) is 0 Å². The minimum absolute atomic E-state index is 0.333. The van der Waals surface area contributed by atoms with Crippen molar-refractivity contribution in [3.05, 3.63) is 77.4 Å². The van der Waals surface area contributed by atoms with Crippen LogP contribution in [0.3, 0.4) is 0 Å². The summed E-state index contributed by atoms with van der Waals surface area (Å²) in [4.78, 5) is 18.4. The number of nitrogens with two attached hydrogens (primary N) is 2. The van der Waals surface area contributed by atoms with Crippen molar-refractivity contribution in [2.75, 3.05) is 0 Å². The number of hydrogen-bond acceptors (Lipinski definition) is 2. The Balaban J connectivity index is 0.000000281. The van der Waals surface area contributed by atoms with Crippen molar-refractivity contribution in [1.82, 2.24) is 0 Å². The minimum atomic E-state index is -0.333. The number of rotatable bonds is 1. The monoisotopic (exact) mass is 527 g/mol. The van der Waals surface area contributed by atoms with Gasteiger partial charge in [-0.1, -0.05) is 0 Å². The molecule has 2 aromatic rings.